The van der Waals surface area contributed by atoms with E-state index in [-0.39, 0.29) is 0 Å². The number of hydrogen-bond acceptors (Lipinski definition) is 5. The molecule has 18 heavy (non-hydrogen) atoms. The molecule has 0 bridgehead atoms. The molecular weight excluding hydrogens is 228 g/mol. The first kappa shape index (κ1) is 11.7. The summed E-state index contributed by atoms with van der Waals surface area (Å²) < 4.78 is 0. The van der Waals surface area contributed by atoms with E-state index in [1.807, 2.05) is 12.1 Å². The molecule has 2 rings (SSSR count). The number of carbonyl (C=O) groups is 1. The second-order valence-corrected chi connectivity index (χ2v) is 3.62. The minimum absolute atomic E-state index is 0.417. The van der Waals surface area contributed by atoms with E-state index in [9.17, 15) is 4.79 Å². The topological polar surface area (TPSA) is 69.9 Å². The Morgan fingerprint density at radius 2 is 1.94 bits per heavy atom. The van der Waals surface area contributed by atoms with E-state index in [1.165, 1.54) is 12.4 Å². The van der Waals surface area contributed by atoms with Crippen LogP contribution in [0.5, 0.6) is 0 Å². The number of aldehydes is 1. The van der Waals surface area contributed by atoms with E-state index in [0.29, 0.717) is 23.4 Å². The maximum atomic E-state index is 10.5. The molecule has 5 nitrogen and oxygen atoms in total. The molecule has 5 heteroatoms. The van der Waals surface area contributed by atoms with E-state index in [2.05, 4.69) is 16.0 Å². The van der Waals surface area contributed by atoms with Crippen molar-refractivity contribution < 1.29 is 4.79 Å². The van der Waals surface area contributed by atoms with Crippen LogP contribution in [-0.4, -0.2) is 23.3 Å². The van der Waals surface area contributed by atoms with Gasteiger partial charge in [0.2, 0.25) is 5.95 Å². The largest absolute Gasteiger partial charge is 0.312 e. The minimum Gasteiger partial charge on any atom is -0.312 e. The predicted octanol–water partition coefficient (Wildman–Crippen LogP) is 1.93. The molecule has 0 unspecified atom stereocenters. The summed E-state index contributed by atoms with van der Waals surface area (Å²) >= 11 is 0. The molecular formula is C13H10N4O. The highest BCUT2D eigenvalue weighted by Crippen LogP contribution is 2.23. The Morgan fingerprint density at radius 3 is 2.56 bits per heavy atom. The Kier molecular flexibility index (Phi) is 3.30. The van der Waals surface area contributed by atoms with Crippen LogP contribution in [0.3, 0.4) is 0 Å². The van der Waals surface area contributed by atoms with Gasteiger partial charge in [0.05, 0.1) is 16.8 Å². The maximum absolute atomic E-state index is 10.5. The van der Waals surface area contributed by atoms with E-state index in [4.69, 9.17) is 5.26 Å². The van der Waals surface area contributed by atoms with E-state index >= 15 is 0 Å². The molecule has 0 saturated carbocycles. The molecule has 0 aliphatic carbocycles. The van der Waals surface area contributed by atoms with Gasteiger partial charge in [-0.15, -0.1) is 0 Å². The third-order valence-corrected chi connectivity index (χ3v) is 2.48. The standard InChI is InChI=1S/C13H10N4O/c1-17(12-5-3-2-4-11(12)6-14)13-15-7-10(9-18)8-16-13/h2-5,7-9H,1H3. The number of nitriles is 1. The number of benzene rings is 1. The second-order valence-electron chi connectivity index (χ2n) is 3.62. The van der Waals surface area contributed by atoms with E-state index in [1.54, 1.807) is 24.1 Å². The van der Waals surface area contributed by atoms with Gasteiger partial charge in [0.15, 0.2) is 6.29 Å². The number of nitrogens with zero attached hydrogens (tertiary/aromatic N) is 4. The quantitative estimate of drug-likeness (QED) is 0.764. The average molecular weight is 238 g/mol. The predicted molar refractivity (Wildman–Crippen MR) is 66.6 cm³/mol. The lowest BCUT2D eigenvalue weighted by molar-refractivity contribution is 0.112. The Labute approximate surface area is 104 Å². The lowest BCUT2D eigenvalue weighted by Gasteiger charge is -2.17. The molecule has 0 saturated heterocycles. The van der Waals surface area contributed by atoms with Crippen molar-refractivity contribution in [1.82, 2.24) is 9.97 Å². The second kappa shape index (κ2) is 5.06. The van der Waals surface area contributed by atoms with Gasteiger partial charge in [-0.1, -0.05) is 12.1 Å². The van der Waals surface area contributed by atoms with Crippen LogP contribution in [0.2, 0.25) is 0 Å². The van der Waals surface area contributed by atoms with Crippen molar-refractivity contribution in [3.05, 3.63) is 47.8 Å². The molecule has 1 heterocycles. The maximum Gasteiger partial charge on any atom is 0.229 e. The van der Waals surface area contributed by atoms with Crippen molar-refractivity contribution >= 4 is 17.9 Å². The lowest BCUT2D eigenvalue weighted by atomic mass is 10.2. The molecule has 0 N–H and O–H groups in total. The van der Waals surface area contributed by atoms with Crippen LogP contribution in [0.1, 0.15) is 15.9 Å². The van der Waals surface area contributed by atoms with Crippen molar-refractivity contribution in [2.24, 2.45) is 0 Å². The van der Waals surface area contributed by atoms with Gasteiger partial charge >= 0.3 is 0 Å². The zero-order valence-electron chi connectivity index (χ0n) is 9.74. The van der Waals surface area contributed by atoms with Crippen molar-refractivity contribution in [3.63, 3.8) is 0 Å². The van der Waals surface area contributed by atoms with Crippen molar-refractivity contribution in [1.29, 1.82) is 5.26 Å². The number of rotatable bonds is 3. The third kappa shape index (κ3) is 2.18. The monoisotopic (exact) mass is 238 g/mol. The van der Waals surface area contributed by atoms with Crippen molar-refractivity contribution in [2.75, 3.05) is 11.9 Å². The molecule has 0 fully saturated rings. The van der Waals surface area contributed by atoms with Gasteiger partial charge in [-0.2, -0.15) is 5.26 Å². The molecule has 1 aromatic heterocycles. The highest BCUT2D eigenvalue weighted by atomic mass is 16.1. The Balaban J connectivity index is 2.38. The number of para-hydroxylation sites is 1. The first-order valence-corrected chi connectivity index (χ1v) is 5.26. The van der Waals surface area contributed by atoms with Crippen molar-refractivity contribution in [2.45, 2.75) is 0 Å². The summed E-state index contributed by atoms with van der Waals surface area (Å²) in [5, 5.41) is 9.03. The molecule has 88 valence electrons. The lowest BCUT2D eigenvalue weighted by Crippen LogP contribution is -2.14. The van der Waals surface area contributed by atoms with Gasteiger partial charge in [-0.25, -0.2) is 9.97 Å². The summed E-state index contributed by atoms with van der Waals surface area (Å²) in [4.78, 5) is 20.4. The zero-order valence-corrected chi connectivity index (χ0v) is 9.74. The van der Waals surface area contributed by atoms with E-state index in [0.717, 1.165) is 5.69 Å². The summed E-state index contributed by atoms with van der Waals surface area (Å²) in [6.07, 6.45) is 3.58. The summed E-state index contributed by atoms with van der Waals surface area (Å²) in [5.74, 6) is 0.434. The number of aromatic nitrogens is 2. The summed E-state index contributed by atoms with van der Waals surface area (Å²) in [6.45, 7) is 0. The molecule has 0 atom stereocenters. The van der Waals surface area contributed by atoms with Crippen LogP contribution in [0.25, 0.3) is 0 Å². The first-order valence-electron chi connectivity index (χ1n) is 5.26. The van der Waals surface area contributed by atoms with Gasteiger partial charge in [0.1, 0.15) is 6.07 Å². The zero-order chi connectivity index (χ0) is 13.0. The fourth-order valence-electron chi connectivity index (χ4n) is 1.53. The van der Waals surface area contributed by atoms with Crippen LogP contribution in [0.15, 0.2) is 36.7 Å². The minimum atomic E-state index is 0.417. The fraction of sp³-hybridized carbons (Fsp3) is 0.0769. The normalized spacial score (nSPS) is 9.56. The molecule has 0 radical (unpaired) electrons. The highest BCUT2D eigenvalue weighted by molar-refractivity contribution is 5.74. The summed E-state index contributed by atoms with van der Waals surface area (Å²) in [7, 11) is 1.77. The number of hydrogen-bond donors (Lipinski definition) is 0. The van der Waals surface area contributed by atoms with Gasteiger partial charge in [0.25, 0.3) is 0 Å². The van der Waals surface area contributed by atoms with Gasteiger partial charge in [-0.05, 0) is 12.1 Å². The Hall–Kier alpha value is -2.74. The molecule has 1 aromatic carbocycles. The fourth-order valence-corrected chi connectivity index (χ4v) is 1.53. The molecule has 0 aliphatic rings. The number of carbonyl (C=O) groups excluding carboxylic acids is 1. The molecule has 0 amide bonds. The highest BCUT2D eigenvalue weighted by Gasteiger charge is 2.10. The van der Waals surface area contributed by atoms with Crippen LogP contribution in [-0.2, 0) is 0 Å². The Bertz CT molecular complexity index is 601. The first-order chi connectivity index (χ1) is 8.76. The summed E-state index contributed by atoms with van der Waals surface area (Å²) in [6, 6.07) is 9.30. The van der Waals surface area contributed by atoms with E-state index < -0.39 is 0 Å². The average Bonchev–Trinajstić information content (AvgIpc) is 2.46. The van der Waals surface area contributed by atoms with Gasteiger partial charge < -0.3 is 4.90 Å². The SMILES string of the molecule is CN(c1ncc(C=O)cn1)c1ccccc1C#N. The van der Waals surface area contributed by atoms with Gasteiger partial charge in [-0.3, -0.25) is 4.79 Å². The number of anilines is 2. The Morgan fingerprint density at radius 1 is 1.28 bits per heavy atom. The van der Waals surface area contributed by atoms with Crippen LogP contribution in [0, 0.1) is 11.3 Å². The third-order valence-electron chi connectivity index (χ3n) is 2.48. The smallest absolute Gasteiger partial charge is 0.229 e. The van der Waals surface area contributed by atoms with Crippen LogP contribution < -0.4 is 4.90 Å². The molecule has 0 aliphatic heterocycles. The molecule has 2 aromatic rings. The van der Waals surface area contributed by atoms with Gasteiger partial charge in [0, 0.05) is 19.4 Å². The molecule has 0 spiro atoms. The summed E-state index contributed by atoms with van der Waals surface area (Å²) in [5.41, 5.74) is 1.68. The van der Waals surface area contributed by atoms with Crippen LogP contribution in [0.4, 0.5) is 11.6 Å². The van der Waals surface area contributed by atoms with Crippen LogP contribution >= 0.6 is 0 Å². The van der Waals surface area contributed by atoms with Crippen molar-refractivity contribution in [3.8, 4) is 6.07 Å².